The Kier molecular flexibility index (Phi) is 6.02. The first-order valence-corrected chi connectivity index (χ1v) is 5.50. The lowest BCUT2D eigenvalue weighted by atomic mass is 9.88. The van der Waals surface area contributed by atoms with Crippen LogP contribution < -0.4 is 0 Å². The van der Waals surface area contributed by atoms with Gasteiger partial charge >= 0.3 is 0 Å². The van der Waals surface area contributed by atoms with Crippen LogP contribution in [-0.2, 0) is 0 Å². The average molecular weight is 183 g/mol. The third-order valence-electron chi connectivity index (χ3n) is 2.52. The average Bonchev–Trinajstić information content (AvgIpc) is 2.02. The monoisotopic (exact) mass is 183 g/mol. The van der Waals surface area contributed by atoms with Gasteiger partial charge in [0.2, 0.25) is 0 Å². The summed E-state index contributed by atoms with van der Waals surface area (Å²) in [5.41, 5.74) is 0.307. The van der Waals surface area contributed by atoms with Crippen molar-refractivity contribution in [1.82, 2.24) is 0 Å². The molecule has 0 aliphatic rings. The fraction of sp³-hybridized carbons (Fsp3) is 0.917. The second-order valence-corrected chi connectivity index (χ2v) is 4.87. The second-order valence-electron chi connectivity index (χ2n) is 4.87. The van der Waals surface area contributed by atoms with Crippen LogP contribution in [0.1, 0.15) is 60.3 Å². The van der Waals surface area contributed by atoms with Crippen LogP contribution >= 0.6 is 0 Å². The van der Waals surface area contributed by atoms with Gasteiger partial charge in [-0.2, -0.15) is 0 Å². The number of rotatable bonds is 5. The molecule has 0 heterocycles. The summed E-state index contributed by atoms with van der Waals surface area (Å²) in [7, 11) is 0. The molecule has 0 fully saturated rings. The Balaban J connectivity index is 3.60. The molecule has 0 radical (unpaired) electrons. The first-order valence-electron chi connectivity index (χ1n) is 5.50. The Bertz CT molecular complexity index is 142. The van der Waals surface area contributed by atoms with Crippen molar-refractivity contribution in [2.45, 2.75) is 66.3 Å². The quantitative estimate of drug-likeness (QED) is 0.450. The minimum Gasteiger partial charge on any atom is -0.294 e. The van der Waals surface area contributed by atoms with Crippen LogP contribution in [0.5, 0.6) is 0 Å². The van der Waals surface area contributed by atoms with Crippen molar-refractivity contribution in [1.29, 1.82) is 0 Å². The van der Waals surface area contributed by atoms with Gasteiger partial charge in [0, 0.05) is 0 Å². The van der Waals surface area contributed by atoms with E-state index in [1.54, 1.807) is 0 Å². The van der Waals surface area contributed by atoms with Crippen molar-refractivity contribution in [3.8, 4) is 0 Å². The predicted molar refractivity (Wildman–Crippen MR) is 61.6 cm³/mol. The maximum absolute atomic E-state index is 4.54. The van der Waals surface area contributed by atoms with E-state index in [4.69, 9.17) is 0 Å². The highest BCUT2D eigenvalue weighted by Crippen LogP contribution is 2.21. The van der Waals surface area contributed by atoms with Gasteiger partial charge in [0.25, 0.3) is 0 Å². The van der Waals surface area contributed by atoms with Gasteiger partial charge in [-0.05, 0) is 31.4 Å². The molecule has 0 spiro atoms. The zero-order valence-electron chi connectivity index (χ0n) is 9.93. The van der Waals surface area contributed by atoms with Crippen molar-refractivity contribution in [2.75, 3.05) is 0 Å². The number of nitrogens with zero attached hydrogens (tertiary/aromatic N) is 1. The number of aliphatic imine (C=N–C) groups is 1. The first-order chi connectivity index (χ1) is 5.98. The van der Waals surface area contributed by atoms with Crippen LogP contribution in [0.4, 0.5) is 0 Å². The van der Waals surface area contributed by atoms with Crippen LogP contribution in [-0.4, -0.2) is 12.3 Å². The Hall–Kier alpha value is -0.330. The minimum atomic E-state index is 0.307. The van der Waals surface area contributed by atoms with Gasteiger partial charge in [0.1, 0.15) is 0 Å². The Morgan fingerprint density at radius 3 is 2.31 bits per heavy atom. The lowest BCUT2D eigenvalue weighted by molar-refractivity contribution is 0.342. The highest BCUT2D eigenvalue weighted by Gasteiger charge is 2.17. The highest BCUT2D eigenvalue weighted by atomic mass is 14.8. The molecule has 0 N–H and O–H groups in total. The van der Waals surface area contributed by atoms with Gasteiger partial charge in [0.05, 0.1) is 6.04 Å². The number of hydrogen-bond acceptors (Lipinski definition) is 1. The Morgan fingerprint density at radius 1 is 1.23 bits per heavy atom. The van der Waals surface area contributed by atoms with E-state index < -0.39 is 0 Å². The predicted octanol–water partition coefficient (Wildman–Crippen LogP) is 4.07. The third-order valence-corrected chi connectivity index (χ3v) is 2.52. The van der Waals surface area contributed by atoms with Crippen LogP contribution in [0.3, 0.4) is 0 Å². The van der Waals surface area contributed by atoms with Crippen molar-refractivity contribution in [3.63, 3.8) is 0 Å². The second kappa shape index (κ2) is 6.17. The largest absolute Gasteiger partial charge is 0.294 e. The van der Waals surface area contributed by atoms with E-state index in [2.05, 4.69) is 45.8 Å². The fourth-order valence-corrected chi connectivity index (χ4v) is 0.942. The molecule has 78 valence electrons. The summed E-state index contributed by atoms with van der Waals surface area (Å²) in [6.07, 6.45) is 7.16. The Labute approximate surface area is 83.6 Å². The minimum absolute atomic E-state index is 0.307. The van der Waals surface area contributed by atoms with Crippen molar-refractivity contribution in [2.24, 2.45) is 10.4 Å². The third kappa shape index (κ3) is 6.80. The molecular formula is C12H25N. The molecule has 1 nitrogen and oxygen atoms in total. The Morgan fingerprint density at radius 2 is 1.85 bits per heavy atom. The molecule has 1 atom stereocenters. The lowest BCUT2D eigenvalue weighted by Gasteiger charge is -2.23. The first kappa shape index (κ1) is 12.7. The number of hydrogen-bond donors (Lipinski definition) is 0. The van der Waals surface area contributed by atoms with Gasteiger partial charge < -0.3 is 0 Å². The van der Waals surface area contributed by atoms with E-state index in [0.29, 0.717) is 11.5 Å². The van der Waals surface area contributed by atoms with E-state index >= 15 is 0 Å². The van der Waals surface area contributed by atoms with Gasteiger partial charge in [-0.3, -0.25) is 4.99 Å². The van der Waals surface area contributed by atoms with Gasteiger partial charge in [0.15, 0.2) is 0 Å². The molecule has 0 rings (SSSR count). The molecule has 0 aromatic carbocycles. The van der Waals surface area contributed by atoms with Crippen LogP contribution in [0.15, 0.2) is 4.99 Å². The molecule has 0 saturated carbocycles. The van der Waals surface area contributed by atoms with E-state index in [9.17, 15) is 0 Å². The number of unbranched alkanes of at least 4 members (excludes halogenated alkanes) is 3. The standard InChI is InChI=1S/C12H25N/c1-6-7-8-9-10-13-11(2)12(3,4)5/h10-11H,6-9H2,1-5H3. The molecule has 0 aromatic rings. The fourth-order valence-electron chi connectivity index (χ4n) is 0.942. The summed E-state index contributed by atoms with van der Waals surface area (Å²) >= 11 is 0. The van der Waals surface area contributed by atoms with Crippen LogP contribution in [0.2, 0.25) is 0 Å². The zero-order chi connectivity index (χ0) is 10.3. The van der Waals surface area contributed by atoms with E-state index in [1.165, 1.54) is 19.3 Å². The molecular weight excluding hydrogens is 158 g/mol. The summed E-state index contributed by atoms with van der Waals surface area (Å²) in [4.78, 5) is 4.54. The molecule has 0 saturated heterocycles. The zero-order valence-corrected chi connectivity index (χ0v) is 9.93. The summed E-state index contributed by atoms with van der Waals surface area (Å²) in [5, 5.41) is 0. The summed E-state index contributed by atoms with van der Waals surface area (Å²) in [5.74, 6) is 0. The van der Waals surface area contributed by atoms with Crippen molar-refractivity contribution >= 4 is 6.21 Å². The topological polar surface area (TPSA) is 12.4 Å². The maximum Gasteiger partial charge on any atom is 0.0515 e. The summed E-state index contributed by atoms with van der Waals surface area (Å²) in [6, 6.07) is 0.439. The van der Waals surface area contributed by atoms with E-state index in [0.717, 1.165) is 6.42 Å². The molecule has 13 heavy (non-hydrogen) atoms. The molecule has 1 unspecified atom stereocenters. The normalized spacial score (nSPS) is 15.2. The lowest BCUT2D eigenvalue weighted by Crippen LogP contribution is -2.20. The van der Waals surface area contributed by atoms with Gasteiger partial charge in [-0.1, -0.05) is 40.5 Å². The summed E-state index contributed by atoms with van der Waals surface area (Å²) in [6.45, 7) is 11.1. The molecule has 1 heteroatoms. The van der Waals surface area contributed by atoms with E-state index in [1.807, 2.05) is 0 Å². The maximum atomic E-state index is 4.54. The summed E-state index contributed by atoms with van der Waals surface area (Å²) < 4.78 is 0. The molecule has 0 aliphatic carbocycles. The van der Waals surface area contributed by atoms with Gasteiger partial charge in [-0.15, -0.1) is 0 Å². The SMILES string of the molecule is CCCCCC=NC(C)C(C)(C)C. The highest BCUT2D eigenvalue weighted by molar-refractivity contribution is 5.57. The molecule has 0 bridgehead atoms. The van der Waals surface area contributed by atoms with Crippen molar-refractivity contribution in [3.05, 3.63) is 0 Å². The van der Waals surface area contributed by atoms with Gasteiger partial charge in [-0.25, -0.2) is 0 Å². The molecule has 0 aliphatic heterocycles. The van der Waals surface area contributed by atoms with Crippen molar-refractivity contribution < 1.29 is 0 Å². The molecule has 0 aromatic heterocycles. The van der Waals surface area contributed by atoms with E-state index in [-0.39, 0.29) is 0 Å². The van der Waals surface area contributed by atoms with Crippen LogP contribution in [0, 0.1) is 5.41 Å². The smallest absolute Gasteiger partial charge is 0.0515 e. The molecule has 0 amide bonds. The van der Waals surface area contributed by atoms with Crippen LogP contribution in [0.25, 0.3) is 0 Å².